The summed E-state index contributed by atoms with van der Waals surface area (Å²) in [7, 11) is 1.44. The molecular formula is C18H23F4N7. The summed E-state index contributed by atoms with van der Waals surface area (Å²) < 4.78 is 54.4. The van der Waals surface area contributed by atoms with Gasteiger partial charge in [0.25, 0.3) is 0 Å². The number of guanidine groups is 1. The second-order valence-corrected chi connectivity index (χ2v) is 6.75. The maximum absolute atomic E-state index is 13.9. The summed E-state index contributed by atoms with van der Waals surface area (Å²) in [5.41, 5.74) is -0.932. The zero-order valence-electron chi connectivity index (χ0n) is 16.2. The minimum atomic E-state index is -4.53. The molecule has 3 heterocycles. The largest absolute Gasteiger partial charge is 0.435 e. The Morgan fingerprint density at radius 3 is 2.86 bits per heavy atom. The highest BCUT2D eigenvalue weighted by Gasteiger charge is 2.36. The summed E-state index contributed by atoms with van der Waals surface area (Å²) in [6.45, 7) is 3.39. The molecule has 1 unspecified atom stereocenters. The Morgan fingerprint density at radius 2 is 2.17 bits per heavy atom. The fourth-order valence-corrected chi connectivity index (χ4v) is 3.25. The third-order valence-corrected chi connectivity index (χ3v) is 4.49. The molecule has 1 atom stereocenters. The van der Waals surface area contributed by atoms with Crippen LogP contribution in [-0.4, -0.2) is 46.4 Å². The van der Waals surface area contributed by atoms with Crippen LogP contribution in [0.4, 0.5) is 23.4 Å². The molecule has 3 rings (SSSR count). The van der Waals surface area contributed by atoms with E-state index in [1.54, 1.807) is 0 Å². The van der Waals surface area contributed by atoms with Gasteiger partial charge in [0.05, 0.1) is 6.54 Å². The standard InChI is InChI=1S/C18H23F4N7/c1-3-23-17(25-9-12-10-28(2)27-15(12)18(20,21)22)26-13-6-8-29(11-13)16-14(19)5-4-7-24-16/h4-5,7,10,13H,3,6,8-9,11H2,1-2H3,(H2,23,25,26). The number of alkyl halides is 3. The van der Waals surface area contributed by atoms with Crippen molar-refractivity contribution < 1.29 is 17.6 Å². The molecule has 158 valence electrons. The minimum Gasteiger partial charge on any atom is -0.357 e. The molecular weight excluding hydrogens is 390 g/mol. The second-order valence-electron chi connectivity index (χ2n) is 6.75. The molecule has 1 saturated heterocycles. The van der Waals surface area contributed by atoms with Gasteiger partial charge in [-0.15, -0.1) is 0 Å². The predicted molar refractivity (Wildman–Crippen MR) is 101 cm³/mol. The molecule has 7 nitrogen and oxygen atoms in total. The Morgan fingerprint density at radius 1 is 1.38 bits per heavy atom. The average Bonchev–Trinajstić information content (AvgIpc) is 3.26. The molecule has 0 amide bonds. The van der Waals surface area contributed by atoms with Crippen LogP contribution in [0.2, 0.25) is 0 Å². The van der Waals surface area contributed by atoms with E-state index in [1.807, 2.05) is 11.8 Å². The van der Waals surface area contributed by atoms with Crippen LogP contribution in [0.25, 0.3) is 0 Å². The van der Waals surface area contributed by atoms with Gasteiger partial charge in [0.2, 0.25) is 0 Å². The zero-order valence-corrected chi connectivity index (χ0v) is 16.2. The Hall–Kier alpha value is -2.85. The number of hydrogen-bond acceptors (Lipinski definition) is 4. The summed E-state index contributed by atoms with van der Waals surface area (Å²) in [5, 5.41) is 9.74. The van der Waals surface area contributed by atoms with Crippen LogP contribution in [0, 0.1) is 5.82 Å². The van der Waals surface area contributed by atoms with Crippen molar-refractivity contribution in [3.8, 4) is 0 Å². The van der Waals surface area contributed by atoms with Crippen molar-refractivity contribution in [2.75, 3.05) is 24.5 Å². The number of nitrogens with one attached hydrogen (secondary N) is 2. The summed E-state index contributed by atoms with van der Waals surface area (Å²) in [5.74, 6) is 0.312. The summed E-state index contributed by atoms with van der Waals surface area (Å²) in [6.07, 6.45) is -0.953. The van der Waals surface area contributed by atoms with Crippen LogP contribution >= 0.6 is 0 Å². The first kappa shape index (κ1) is 20.9. The Labute approximate surface area is 165 Å². The van der Waals surface area contributed by atoms with Gasteiger partial charge in [0.1, 0.15) is 0 Å². The average molecular weight is 413 g/mol. The maximum Gasteiger partial charge on any atom is 0.435 e. The lowest BCUT2D eigenvalue weighted by Crippen LogP contribution is -2.44. The van der Waals surface area contributed by atoms with Crippen LogP contribution in [0.15, 0.2) is 29.5 Å². The van der Waals surface area contributed by atoms with Crippen molar-refractivity contribution in [2.45, 2.75) is 32.1 Å². The van der Waals surface area contributed by atoms with Crippen LogP contribution in [0.3, 0.4) is 0 Å². The number of halogens is 4. The molecule has 0 radical (unpaired) electrons. The van der Waals surface area contributed by atoms with Crippen molar-refractivity contribution in [3.05, 3.63) is 41.6 Å². The van der Waals surface area contributed by atoms with E-state index in [9.17, 15) is 17.6 Å². The molecule has 1 aliphatic rings. The molecule has 0 saturated carbocycles. The molecule has 0 spiro atoms. The highest BCUT2D eigenvalue weighted by Crippen LogP contribution is 2.30. The molecule has 0 bridgehead atoms. The third-order valence-electron chi connectivity index (χ3n) is 4.49. The normalized spacial score (nSPS) is 17.7. The first-order chi connectivity index (χ1) is 13.8. The molecule has 2 aromatic rings. The summed E-state index contributed by atoms with van der Waals surface area (Å²) in [6, 6.07) is 2.86. The van der Waals surface area contributed by atoms with Crippen LogP contribution in [0.5, 0.6) is 0 Å². The van der Waals surface area contributed by atoms with Crippen molar-refractivity contribution in [3.63, 3.8) is 0 Å². The Bertz CT molecular complexity index is 862. The number of aliphatic imine (C=N–C) groups is 1. The van der Waals surface area contributed by atoms with Gasteiger partial charge in [-0.25, -0.2) is 14.4 Å². The van der Waals surface area contributed by atoms with Gasteiger partial charge in [-0.3, -0.25) is 4.68 Å². The fourth-order valence-electron chi connectivity index (χ4n) is 3.25. The van der Waals surface area contributed by atoms with Crippen LogP contribution in [-0.2, 0) is 19.8 Å². The summed E-state index contributed by atoms with van der Waals surface area (Å²) in [4.78, 5) is 10.2. The molecule has 0 aliphatic carbocycles. The van der Waals surface area contributed by atoms with E-state index < -0.39 is 11.9 Å². The quantitative estimate of drug-likeness (QED) is 0.447. The van der Waals surface area contributed by atoms with Gasteiger partial charge in [0, 0.05) is 50.7 Å². The molecule has 1 aliphatic heterocycles. The van der Waals surface area contributed by atoms with E-state index in [2.05, 4.69) is 25.7 Å². The lowest BCUT2D eigenvalue weighted by molar-refractivity contribution is -0.142. The Kier molecular flexibility index (Phi) is 6.23. The van der Waals surface area contributed by atoms with E-state index in [4.69, 9.17) is 0 Å². The third kappa shape index (κ3) is 5.15. The van der Waals surface area contributed by atoms with Gasteiger partial charge in [-0.2, -0.15) is 18.3 Å². The van der Waals surface area contributed by atoms with Crippen molar-refractivity contribution in [1.29, 1.82) is 0 Å². The van der Waals surface area contributed by atoms with Crippen molar-refractivity contribution >= 4 is 11.8 Å². The molecule has 11 heteroatoms. The topological polar surface area (TPSA) is 70.4 Å². The van der Waals surface area contributed by atoms with Gasteiger partial charge >= 0.3 is 6.18 Å². The number of aromatic nitrogens is 3. The SMILES string of the molecule is CCNC(=NCc1cn(C)nc1C(F)(F)F)NC1CCN(c2ncccc2F)C1. The van der Waals surface area contributed by atoms with Crippen molar-refractivity contribution in [1.82, 2.24) is 25.4 Å². The number of pyridine rings is 1. The molecule has 29 heavy (non-hydrogen) atoms. The minimum absolute atomic E-state index is 0.000748. The number of hydrogen-bond donors (Lipinski definition) is 2. The first-order valence-corrected chi connectivity index (χ1v) is 9.28. The lowest BCUT2D eigenvalue weighted by atomic mass is 10.2. The van der Waals surface area contributed by atoms with E-state index in [-0.39, 0.29) is 24.0 Å². The second kappa shape index (κ2) is 8.66. The smallest absolute Gasteiger partial charge is 0.357 e. The first-order valence-electron chi connectivity index (χ1n) is 9.28. The monoisotopic (exact) mass is 413 g/mol. The number of aryl methyl sites for hydroxylation is 1. The maximum atomic E-state index is 13.9. The van der Waals surface area contributed by atoms with Crippen LogP contribution in [0.1, 0.15) is 24.6 Å². The molecule has 0 aromatic carbocycles. The van der Waals surface area contributed by atoms with Gasteiger partial charge in [-0.1, -0.05) is 0 Å². The lowest BCUT2D eigenvalue weighted by Gasteiger charge is -2.20. The van der Waals surface area contributed by atoms with Crippen LogP contribution < -0.4 is 15.5 Å². The van der Waals surface area contributed by atoms with Gasteiger partial charge in [-0.05, 0) is 25.5 Å². The predicted octanol–water partition coefficient (Wildman–Crippen LogP) is 2.31. The highest BCUT2D eigenvalue weighted by atomic mass is 19.4. The van der Waals surface area contributed by atoms with Crippen molar-refractivity contribution in [2.24, 2.45) is 12.0 Å². The molecule has 1 fully saturated rings. The molecule has 2 aromatic heterocycles. The fraction of sp³-hybridized carbons (Fsp3) is 0.500. The number of nitrogens with zero attached hydrogens (tertiary/aromatic N) is 5. The van der Waals surface area contributed by atoms with E-state index in [0.29, 0.717) is 31.4 Å². The summed E-state index contributed by atoms with van der Waals surface area (Å²) >= 11 is 0. The van der Waals surface area contributed by atoms with E-state index in [1.165, 1.54) is 31.6 Å². The van der Waals surface area contributed by atoms with E-state index in [0.717, 1.165) is 11.1 Å². The molecule has 2 N–H and O–H groups in total. The Balaban J connectivity index is 1.67. The number of anilines is 1. The van der Waals surface area contributed by atoms with E-state index >= 15 is 0 Å². The van der Waals surface area contributed by atoms with Gasteiger partial charge < -0.3 is 15.5 Å². The number of rotatable bonds is 5. The van der Waals surface area contributed by atoms with Gasteiger partial charge in [0.15, 0.2) is 23.3 Å². The highest BCUT2D eigenvalue weighted by molar-refractivity contribution is 5.80. The zero-order chi connectivity index (χ0) is 21.0.